The van der Waals surface area contributed by atoms with Crippen molar-refractivity contribution in [3.8, 4) is 0 Å². The average molecular weight is 395 g/mol. The molecule has 0 unspecified atom stereocenters. The molecule has 0 radical (unpaired) electrons. The molecule has 1 heterocycles. The average Bonchev–Trinajstić information content (AvgIpc) is 2.59. The highest BCUT2D eigenvalue weighted by Crippen LogP contribution is 2.44. The number of benzene rings is 1. The van der Waals surface area contributed by atoms with E-state index >= 15 is 0 Å². The molecule has 14 heteroatoms. The lowest BCUT2D eigenvalue weighted by Crippen LogP contribution is -2.43. The lowest BCUT2D eigenvalue weighted by Gasteiger charge is -2.15. The Morgan fingerprint density at radius 1 is 0.920 bits per heavy atom. The SMILES string of the molecule is O=C1N(OS(=O)(=O)c2ccccc2C(F)(F)F)C(=O)C(F)(F)C1(F)F. The lowest BCUT2D eigenvalue weighted by atomic mass is 10.2. The van der Waals surface area contributed by atoms with Crippen LogP contribution in [0.4, 0.5) is 30.7 Å². The maximum atomic E-state index is 13.0. The van der Waals surface area contributed by atoms with Crippen molar-refractivity contribution in [1.82, 2.24) is 5.06 Å². The third kappa shape index (κ3) is 2.84. The van der Waals surface area contributed by atoms with Crippen molar-refractivity contribution < 1.29 is 53.0 Å². The minimum absolute atomic E-state index is 0.271. The highest BCUT2D eigenvalue weighted by atomic mass is 32.2. The van der Waals surface area contributed by atoms with Gasteiger partial charge in [0, 0.05) is 0 Å². The van der Waals surface area contributed by atoms with Gasteiger partial charge in [0.05, 0.1) is 5.56 Å². The Bertz CT molecular complexity index is 823. The molecule has 1 aromatic rings. The van der Waals surface area contributed by atoms with E-state index in [9.17, 15) is 48.7 Å². The Hall–Kier alpha value is -2.22. The Morgan fingerprint density at radius 2 is 1.36 bits per heavy atom. The van der Waals surface area contributed by atoms with Gasteiger partial charge in [-0.3, -0.25) is 9.59 Å². The molecule has 1 saturated heterocycles. The third-order valence-corrected chi connectivity index (χ3v) is 4.17. The molecule has 0 aromatic heterocycles. The quantitative estimate of drug-likeness (QED) is 0.578. The number of halogens is 7. The van der Waals surface area contributed by atoms with Crippen LogP contribution in [0.1, 0.15) is 5.56 Å². The van der Waals surface area contributed by atoms with Gasteiger partial charge in [0.15, 0.2) is 0 Å². The molecule has 1 fully saturated rings. The van der Waals surface area contributed by atoms with E-state index in [0.717, 1.165) is 12.1 Å². The summed E-state index contributed by atoms with van der Waals surface area (Å²) in [4.78, 5) is 20.5. The number of amides is 2. The van der Waals surface area contributed by atoms with Gasteiger partial charge in [0.2, 0.25) is 0 Å². The van der Waals surface area contributed by atoms with Gasteiger partial charge in [0.25, 0.3) is 0 Å². The van der Waals surface area contributed by atoms with Gasteiger partial charge in [-0.1, -0.05) is 12.1 Å². The molecule has 0 saturated carbocycles. The fourth-order valence-corrected chi connectivity index (χ4v) is 2.85. The zero-order chi connectivity index (χ0) is 19.4. The number of hydroxylamine groups is 2. The molecule has 6 nitrogen and oxygen atoms in total. The number of rotatable bonds is 3. The van der Waals surface area contributed by atoms with Crippen LogP contribution >= 0.6 is 0 Å². The molecule has 0 N–H and O–H groups in total. The summed E-state index contributed by atoms with van der Waals surface area (Å²) in [5.41, 5.74) is -1.83. The maximum Gasteiger partial charge on any atom is 0.417 e. The Labute approximate surface area is 133 Å². The summed E-state index contributed by atoms with van der Waals surface area (Å²) in [6, 6.07) is 2.14. The highest BCUT2D eigenvalue weighted by molar-refractivity contribution is 7.86. The molecule has 1 aromatic carbocycles. The van der Waals surface area contributed by atoms with Crippen molar-refractivity contribution >= 4 is 21.9 Å². The van der Waals surface area contributed by atoms with Crippen molar-refractivity contribution in [2.75, 3.05) is 0 Å². The summed E-state index contributed by atoms with van der Waals surface area (Å²) in [6.45, 7) is 0. The first-order valence-corrected chi connectivity index (χ1v) is 7.30. The second-order valence-corrected chi connectivity index (χ2v) is 6.07. The number of nitrogens with zero attached hydrogens (tertiary/aromatic N) is 1. The van der Waals surface area contributed by atoms with Gasteiger partial charge in [-0.15, -0.1) is 9.35 Å². The number of hydrogen-bond donors (Lipinski definition) is 0. The lowest BCUT2D eigenvalue weighted by molar-refractivity contribution is -0.192. The third-order valence-electron chi connectivity index (χ3n) is 2.93. The molecule has 1 aliphatic rings. The van der Waals surface area contributed by atoms with E-state index in [1.54, 1.807) is 0 Å². The fourth-order valence-electron chi connectivity index (χ4n) is 1.74. The van der Waals surface area contributed by atoms with Gasteiger partial charge in [-0.2, -0.15) is 39.2 Å². The largest absolute Gasteiger partial charge is 0.417 e. The molecule has 0 atom stereocenters. The van der Waals surface area contributed by atoms with E-state index < -0.39 is 55.5 Å². The van der Waals surface area contributed by atoms with E-state index in [2.05, 4.69) is 4.28 Å². The second kappa shape index (κ2) is 5.39. The van der Waals surface area contributed by atoms with Crippen molar-refractivity contribution in [1.29, 1.82) is 0 Å². The summed E-state index contributed by atoms with van der Waals surface area (Å²) in [5, 5.41) is -1.47. The molecule has 0 spiro atoms. The van der Waals surface area contributed by atoms with Crippen LogP contribution in [0.3, 0.4) is 0 Å². The number of imide groups is 1. The molecule has 2 amide bonds. The van der Waals surface area contributed by atoms with E-state index in [1.807, 2.05) is 0 Å². The predicted molar refractivity (Wildman–Crippen MR) is 61.5 cm³/mol. The Morgan fingerprint density at radius 3 is 1.80 bits per heavy atom. The summed E-state index contributed by atoms with van der Waals surface area (Å²) < 4.78 is 118. The van der Waals surface area contributed by atoms with Crippen LogP contribution in [0.5, 0.6) is 0 Å². The van der Waals surface area contributed by atoms with E-state index in [1.165, 1.54) is 0 Å². The van der Waals surface area contributed by atoms with Crippen LogP contribution in [-0.4, -0.2) is 37.1 Å². The minimum Gasteiger partial charge on any atom is -0.265 e. The predicted octanol–water partition coefficient (Wildman–Crippen LogP) is 1.97. The van der Waals surface area contributed by atoms with Crippen molar-refractivity contribution in [2.24, 2.45) is 0 Å². The standard InChI is InChI=1S/C11H4F7NO5S/c12-9(13)7(20)19(8(21)10(9,14)15)24-25(22,23)6-4-2-1-3-5(6)11(16,17)18/h1-4H. The first kappa shape index (κ1) is 19.1. The normalized spacial score (nSPS) is 20.2. The van der Waals surface area contributed by atoms with E-state index in [-0.39, 0.29) is 6.07 Å². The summed E-state index contributed by atoms with van der Waals surface area (Å²) >= 11 is 0. The Kier molecular flexibility index (Phi) is 4.12. The minimum atomic E-state index is -5.73. The zero-order valence-electron chi connectivity index (χ0n) is 11.4. The van der Waals surface area contributed by atoms with E-state index in [0.29, 0.717) is 6.07 Å². The van der Waals surface area contributed by atoms with Crippen LogP contribution in [-0.2, 0) is 30.2 Å². The van der Waals surface area contributed by atoms with E-state index in [4.69, 9.17) is 0 Å². The van der Waals surface area contributed by atoms with Crippen LogP contribution in [0.15, 0.2) is 29.2 Å². The molecular weight excluding hydrogens is 391 g/mol. The molecule has 25 heavy (non-hydrogen) atoms. The van der Waals surface area contributed by atoms with Crippen LogP contribution in [0, 0.1) is 0 Å². The highest BCUT2D eigenvalue weighted by Gasteiger charge is 2.77. The van der Waals surface area contributed by atoms with Gasteiger partial charge in [0.1, 0.15) is 4.90 Å². The number of carbonyl (C=O) groups is 2. The second-order valence-electron chi connectivity index (χ2n) is 4.58. The Balaban J connectivity index is 2.49. The van der Waals surface area contributed by atoms with Crippen molar-refractivity contribution in [3.05, 3.63) is 29.8 Å². The molecule has 0 bridgehead atoms. The molecule has 2 rings (SSSR count). The van der Waals surface area contributed by atoms with Gasteiger partial charge >= 0.3 is 40.0 Å². The van der Waals surface area contributed by atoms with Crippen molar-refractivity contribution in [2.45, 2.75) is 22.9 Å². The smallest absolute Gasteiger partial charge is 0.265 e. The molecular formula is C11H4F7NO5S. The molecule has 0 aliphatic carbocycles. The fraction of sp³-hybridized carbons (Fsp3) is 0.273. The van der Waals surface area contributed by atoms with Gasteiger partial charge < -0.3 is 0 Å². The zero-order valence-corrected chi connectivity index (χ0v) is 12.2. The van der Waals surface area contributed by atoms with Crippen LogP contribution in [0.2, 0.25) is 0 Å². The summed E-state index contributed by atoms with van der Waals surface area (Å²) in [7, 11) is -5.73. The first-order chi connectivity index (χ1) is 11.1. The van der Waals surface area contributed by atoms with Crippen LogP contribution < -0.4 is 0 Å². The van der Waals surface area contributed by atoms with Crippen molar-refractivity contribution in [3.63, 3.8) is 0 Å². The topological polar surface area (TPSA) is 80.8 Å². The van der Waals surface area contributed by atoms with Gasteiger partial charge in [-0.05, 0) is 12.1 Å². The number of hydrogen-bond acceptors (Lipinski definition) is 5. The maximum absolute atomic E-state index is 13.0. The molecule has 138 valence electrons. The number of alkyl halides is 7. The first-order valence-electron chi connectivity index (χ1n) is 5.89. The van der Waals surface area contributed by atoms with Gasteiger partial charge in [-0.25, -0.2) is 0 Å². The monoisotopic (exact) mass is 395 g/mol. The summed E-state index contributed by atoms with van der Waals surface area (Å²) in [5.74, 6) is -17.3. The summed E-state index contributed by atoms with van der Waals surface area (Å²) in [6.07, 6.45) is -5.25. The molecule has 1 aliphatic heterocycles. The van der Waals surface area contributed by atoms with Crippen LogP contribution in [0.25, 0.3) is 0 Å². The number of carbonyl (C=O) groups excluding carboxylic acids is 2.